The molecule has 0 spiro atoms. The zero-order valence-electron chi connectivity index (χ0n) is 8.40. The molecule has 0 aliphatic heterocycles. The molecule has 0 aliphatic rings. The Kier molecular flexibility index (Phi) is 4.51. The van der Waals surface area contributed by atoms with Crippen molar-refractivity contribution in [2.75, 3.05) is 20.3 Å². The van der Waals surface area contributed by atoms with Crippen LogP contribution in [-0.4, -0.2) is 30.5 Å². The van der Waals surface area contributed by atoms with Crippen LogP contribution in [0.3, 0.4) is 0 Å². The molecule has 0 bridgehead atoms. The van der Waals surface area contributed by atoms with Crippen LogP contribution in [-0.2, 0) is 16.1 Å². The lowest BCUT2D eigenvalue weighted by Gasteiger charge is -1.99. The summed E-state index contributed by atoms with van der Waals surface area (Å²) in [6.07, 6.45) is 0. The quantitative estimate of drug-likeness (QED) is 0.664. The molecular weight excluding hydrogens is 186 g/mol. The molecule has 0 aromatic carbocycles. The summed E-state index contributed by atoms with van der Waals surface area (Å²) in [4.78, 5) is 0. The highest BCUT2D eigenvalue weighted by molar-refractivity contribution is 4.85. The van der Waals surface area contributed by atoms with Crippen molar-refractivity contribution < 1.29 is 13.9 Å². The minimum absolute atomic E-state index is 0.241. The summed E-state index contributed by atoms with van der Waals surface area (Å²) in [7, 11) is 1.62. The second-order valence-electron chi connectivity index (χ2n) is 2.87. The standard InChI is InChI=1S/C8H15N3O3/c1-6(9)8-11-10-7(14-8)5-13-4-3-12-2/h6H,3-5,9H2,1-2H3. The van der Waals surface area contributed by atoms with Crippen molar-refractivity contribution >= 4 is 0 Å². The molecule has 6 heteroatoms. The van der Waals surface area contributed by atoms with Gasteiger partial charge in [0.2, 0.25) is 11.8 Å². The van der Waals surface area contributed by atoms with Crippen molar-refractivity contribution in [3.63, 3.8) is 0 Å². The predicted molar refractivity (Wildman–Crippen MR) is 48.4 cm³/mol. The second-order valence-corrected chi connectivity index (χ2v) is 2.87. The first-order valence-electron chi connectivity index (χ1n) is 4.38. The van der Waals surface area contributed by atoms with Crippen molar-refractivity contribution in [3.8, 4) is 0 Å². The van der Waals surface area contributed by atoms with Gasteiger partial charge in [0, 0.05) is 7.11 Å². The maximum absolute atomic E-state index is 5.55. The molecular formula is C8H15N3O3. The van der Waals surface area contributed by atoms with Gasteiger partial charge in [0.1, 0.15) is 6.61 Å². The van der Waals surface area contributed by atoms with Crippen LogP contribution in [0.25, 0.3) is 0 Å². The van der Waals surface area contributed by atoms with E-state index in [0.29, 0.717) is 31.6 Å². The molecule has 1 aromatic heterocycles. The molecule has 0 saturated carbocycles. The Morgan fingerprint density at radius 1 is 1.43 bits per heavy atom. The fourth-order valence-corrected chi connectivity index (χ4v) is 0.811. The van der Waals surface area contributed by atoms with Crippen molar-refractivity contribution in [1.82, 2.24) is 10.2 Å². The van der Waals surface area contributed by atoms with Gasteiger partial charge in [-0.05, 0) is 6.92 Å². The lowest BCUT2D eigenvalue weighted by molar-refractivity contribution is 0.0512. The van der Waals surface area contributed by atoms with Gasteiger partial charge in [-0.2, -0.15) is 0 Å². The van der Waals surface area contributed by atoms with E-state index >= 15 is 0 Å². The van der Waals surface area contributed by atoms with Crippen molar-refractivity contribution in [2.24, 2.45) is 5.73 Å². The van der Waals surface area contributed by atoms with Crippen LogP contribution >= 0.6 is 0 Å². The fraction of sp³-hybridized carbons (Fsp3) is 0.750. The van der Waals surface area contributed by atoms with Crippen molar-refractivity contribution in [2.45, 2.75) is 19.6 Å². The monoisotopic (exact) mass is 201 g/mol. The van der Waals surface area contributed by atoms with Gasteiger partial charge in [0.05, 0.1) is 19.3 Å². The Bertz CT molecular complexity index is 262. The van der Waals surface area contributed by atoms with E-state index in [-0.39, 0.29) is 6.04 Å². The molecule has 2 N–H and O–H groups in total. The Morgan fingerprint density at radius 2 is 2.21 bits per heavy atom. The van der Waals surface area contributed by atoms with Gasteiger partial charge >= 0.3 is 0 Å². The molecule has 1 unspecified atom stereocenters. The average Bonchev–Trinajstić information content (AvgIpc) is 2.61. The lowest BCUT2D eigenvalue weighted by atomic mass is 10.4. The molecule has 1 rings (SSSR count). The van der Waals surface area contributed by atoms with E-state index in [4.69, 9.17) is 19.6 Å². The van der Waals surface area contributed by atoms with Gasteiger partial charge in [-0.3, -0.25) is 0 Å². The molecule has 0 saturated heterocycles. The largest absolute Gasteiger partial charge is 0.421 e. The maximum Gasteiger partial charge on any atom is 0.242 e. The Balaban J connectivity index is 2.29. The summed E-state index contributed by atoms with van der Waals surface area (Å²) < 4.78 is 15.2. The third-order valence-corrected chi connectivity index (χ3v) is 1.53. The molecule has 0 fully saturated rings. The average molecular weight is 201 g/mol. The molecule has 0 radical (unpaired) electrons. The van der Waals surface area contributed by atoms with Gasteiger partial charge in [0.25, 0.3) is 0 Å². The predicted octanol–water partition coefficient (Wildman–Crippen LogP) is 0.252. The number of rotatable bonds is 6. The topological polar surface area (TPSA) is 83.4 Å². The van der Waals surface area contributed by atoms with Crippen LogP contribution in [0.4, 0.5) is 0 Å². The van der Waals surface area contributed by atoms with Crippen LogP contribution in [0.1, 0.15) is 24.7 Å². The second kappa shape index (κ2) is 5.69. The van der Waals surface area contributed by atoms with Gasteiger partial charge in [-0.1, -0.05) is 0 Å². The zero-order valence-corrected chi connectivity index (χ0v) is 8.40. The summed E-state index contributed by atoms with van der Waals surface area (Å²) >= 11 is 0. The maximum atomic E-state index is 5.55. The van der Waals surface area contributed by atoms with Crippen LogP contribution < -0.4 is 5.73 Å². The first kappa shape index (κ1) is 11.1. The third-order valence-electron chi connectivity index (χ3n) is 1.53. The molecule has 80 valence electrons. The number of ether oxygens (including phenoxy) is 2. The fourth-order valence-electron chi connectivity index (χ4n) is 0.811. The van der Waals surface area contributed by atoms with Gasteiger partial charge < -0.3 is 19.6 Å². The Hall–Kier alpha value is -0.980. The molecule has 1 heterocycles. The highest BCUT2D eigenvalue weighted by atomic mass is 16.5. The molecule has 0 amide bonds. The van der Waals surface area contributed by atoms with Gasteiger partial charge in [-0.15, -0.1) is 10.2 Å². The smallest absolute Gasteiger partial charge is 0.242 e. The van der Waals surface area contributed by atoms with E-state index in [9.17, 15) is 0 Å². The van der Waals surface area contributed by atoms with Crippen LogP contribution in [0.15, 0.2) is 4.42 Å². The molecule has 6 nitrogen and oxygen atoms in total. The number of hydrogen-bond acceptors (Lipinski definition) is 6. The first-order chi connectivity index (χ1) is 6.74. The summed E-state index contributed by atoms with van der Waals surface area (Å²) in [6.45, 7) is 3.13. The molecule has 1 atom stereocenters. The Morgan fingerprint density at radius 3 is 2.79 bits per heavy atom. The molecule has 1 aromatic rings. The van der Waals surface area contributed by atoms with Gasteiger partial charge in [-0.25, -0.2) is 0 Å². The van der Waals surface area contributed by atoms with Gasteiger partial charge in [0.15, 0.2) is 0 Å². The van der Waals surface area contributed by atoms with Crippen LogP contribution in [0, 0.1) is 0 Å². The van der Waals surface area contributed by atoms with E-state index in [1.807, 2.05) is 0 Å². The zero-order chi connectivity index (χ0) is 10.4. The minimum Gasteiger partial charge on any atom is -0.421 e. The van der Waals surface area contributed by atoms with Crippen LogP contribution in [0.5, 0.6) is 0 Å². The number of nitrogens with zero attached hydrogens (tertiary/aromatic N) is 2. The highest BCUT2D eigenvalue weighted by Crippen LogP contribution is 2.07. The first-order valence-corrected chi connectivity index (χ1v) is 4.38. The van der Waals surface area contributed by atoms with E-state index in [1.54, 1.807) is 14.0 Å². The highest BCUT2D eigenvalue weighted by Gasteiger charge is 2.09. The van der Waals surface area contributed by atoms with Crippen LogP contribution in [0.2, 0.25) is 0 Å². The summed E-state index contributed by atoms with van der Waals surface area (Å²) in [5.41, 5.74) is 5.55. The van der Waals surface area contributed by atoms with Crippen molar-refractivity contribution in [1.29, 1.82) is 0 Å². The molecule has 14 heavy (non-hydrogen) atoms. The third kappa shape index (κ3) is 3.41. The van der Waals surface area contributed by atoms with E-state index in [0.717, 1.165) is 0 Å². The number of hydrogen-bond donors (Lipinski definition) is 1. The SMILES string of the molecule is COCCOCc1nnc(C(C)N)o1. The number of nitrogens with two attached hydrogens (primary N) is 1. The normalized spacial score (nSPS) is 13.1. The lowest BCUT2D eigenvalue weighted by Crippen LogP contribution is -2.04. The van der Waals surface area contributed by atoms with Crippen molar-refractivity contribution in [3.05, 3.63) is 11.8 Å². The summed E-state index contributed by atoms with van der Waals surface area (Å²) in [5, 5.41) is 7.53. The summed E-state index contributed by atoms with van der Waals surface area (Å²) in [5.74, 6) is 0.865. The molecule has 0 aliphatic carbocycles. The minimum atomic E-state index is -0.241. The summed E-state index contributed by atoms with van der Waals surface area (Å²) in [6, 6.07) is -0.241. The number of methoxy groups -OCH3 is 1. The Labute approximate surface area is 82.4 Å². The van der Waals surface area contributed by atoms with E-state index < -0.39 is 0 Å². The van der Waals surface area contributed by atoms with E-state index in [1.165, 1.54) is 0 Å². The number of aromatic nitrogens is 2. The van der Waals surface area contributed by atoms with E-state index in [2.05, 4.69) is 10.2 Å².